The van der Waals surface area contributed by atoms with Crippen LogP contribution in [0.5, 0.6) is 0 Å². The van der Waals surface area contributed by atoms with Gasteiger partial charge in [0.1, 0.15) is 0 Å². The molecule has 3 heteroatoms. The van der Waals surface area contributed by atoms with Crippen LogP contribution in [-0.4, -0.2) is 62.3 Å². The van der Waals surface area contributed by atoms with Crippen LogP contribution in [0.2, 0.25) is 0 Å². The van der Waals surface area contributed by atoms with Crippen LogP contribution in [0.3, 0.4) is 0 Å². The largest absolute Gasteiger partial charge is 0.374 e. The minimum atomic E-state index is 0.349. The minimum absolute atomic E-state index is 0.349. The zero-order chi connectivity index (χ0) is 11.1. The van der Waals surface area contributed by atoms with Crippen LogP contribution in [0.25, 0.3) is 0 Å². The van der Waals surface area contributed by atoms with Crippen molar-refractivity contribution in [2.24, 2.45) is 0 Å². The molecule has 0 aromatic heterocycles. The SMILES string of the molecule is CC#CCN1CCO[C@H](CN(C)CC)C1. The molecule has 0 aromatic rings. The highest BCUT2D eigenvalue weighted by atomic mass is 16.5. The second kappa shape index (κ2) is 6.84. The molecule has 15 heavy (non-hydrogen) atoms. The molecular weight excluding hydrogens is 188 g/mol. The minimum Gasteiger partial charge on any atom is -0.374 e. The van der Waals surface area contributed by atoms with Crippen LogP contribution in [0.4, 0.5) is 0 Å². The summed E-state index contributed by atoms with van der Waals surface area (Å²) >= 11 is 0. The summed E-state index contributed by atoms with van der Waals surface area (Å²) in [6.45, 7) is 9.91. The summed E-state index contributed by atoms with van der Waals surface area (Å²) in [4.78, 5) is 4.66. The van der Waals surface area contributed by atoms with E-state index < -0.39 is 0 Å². The molecule has 3 nitrogen and oxygen atoms in total. The standard InChI is InChI=1S/C12H22N2O/c1-4-6-7-14-8-9-15-12(11-14)10-13(3)5-2/h12H,5,7-11H2,1-3H3/t12-/m1/s1. The van der Waals surface area contributed by atoms with Gasteiger partial charge in [-0.25, -0.2) is 0 Å². The molecule has 0 unspecified atom stereocenters. The maximum atomic E-state index is 5.73. The summed E-state index contributed by atoms with van der Waals surface area (Å²) in [5, 5.41) is 0. The Morgan fingerprint density at radius 2 is 2.33 bits per heavy atom. The van der Waals surface area contributed by atoms with Gasteiger partial charge >= 0.3 is 0 Å². The van der Waals surface area contributed by atoms with Gasteiger partial charge in [-0.2, -0.15) is 0 Å². The predicted octanol–water partition coefficient (Wildman–Crippen LogP) is 0.662. The number of hydrogen-bond donors (Lipinski definition) is 0. The third-order valence-electron chi connectivity index (χ3n) is 2.76. The van der Waals surface area contributed by atoms with Gasteiger partial charge in [-0.05, 0) is 20.5 Å². The highest BCUT2D eigenvalue weighted by Gasteiger charge is 2.20. The first-order valence-electron chi connectivity index (χ1n) is 5.68. The Morgan fingerprint density at radius 3 is 3.00 bits per heavy atom. The van der Waals surface area contributed by atoms with Gasteiger partial charge in [0.05, 0.1) is 19.3 Å². The molecule has 0 amide bonds. The molecule has 0 N–H and O–H groups in total. The van der Waals surface area contributed by atoms with E-state index in [0.29, 0.717) is 6.10 Å². The van der Waals surface area contributed by atoms with Crippen molar-refractivity contribution in [2.45, 2.75) is 20.0 Å². The zero-order valence-corrected chi connectivity index (χ0v) is 10.1. The molecular formula is C12H22N2O. The van der Waals surface area contributed by atoms with E-state index >= 15 is 0 Å². The van der Waals surface area contributed by atoms with Gasteiger partial charge in [-0.15, -0.1) is 5.92 Å². The fourth-order valence-corrected chi connectivity index (χ4v) is 1.70. The van der Waals surface area contributed by atoms with Crippen LogP contribution >= 0.6 is 0 Å². The molecule has 0 aromatic carbocycles. The summed E-state index contributed by atoms with van der Waals surface area (Å²) in [5.74, 6) is 6.05. The molecule has 1 saturated heterocycles. The van der Waals surface area contributed by atoms with Gasteiger partial charge < -0.3 is 9.64 Å². The monoisotopic (exact) mass is 210 g/mol. The van der Waals surface area contributed by atoms with Crippen molar-refractivity contribution in [2.75, 3.05) is 46.4 Å². The average Bonchev–Trinajstić information content (AvgIpc) is 2.26. The Bertz CT molecular complexity index is 232. The van der Waals surface area contributed by atoms with Crippen LogP contribution in [-0.2, 0) is 4.74 Å². The highest BCUT2D eigenvalue weighted by molar-refractivity contribution is 4.98. The number of likely N-dealkylation sites (N-methyl/N-ethyl adjacent to an activating group) is 1. The van der Waals surface area contributed by atoms with Gasteiger partial charge in [0.25, 0.3) is 0 Å². The van der Waals surface area contributed by atoms with Crippen molar-refractivity contribution in [3.8, 4) is 11.8 Å². The van der Waals surface area contributed by atoms with E-state index in [1.54, 1.807) is 0 Å². The van der Waals surface area contributed by atoms with Gasteiger partial charge in [0.15, 0.2) is 0 Å². The van der Waals surface area contributed by atoms with Gasteiger partial charge in [-0.1, -0.05) is 12.8 Å². The molecule has 1 heterocycles. The molecule has 0 spiro atoms. The van der Waals surface area contributed by atoms with E-state index in [1.807, 2.05) is 6.92 Å². The van der Waals surface area contributed by atoms with Crippen LogP contribution in [0, 0.1) is 11.8 Å². The van der Waals surface area contributed by atoms with E-state index in [1.165, 1.54) is 0 Å². The lowest BCUT2D eigenvalue weighted by Gasteiger charge is -2.33. The van der Waals surface area contributed by atoms with E-state index in [0.717, 1.165) is 39.3 Å². The van der Waals surface area contributed by atoms with Crippen molar-refractivity contribution in [1.82, 2.24) is 9.80 Å². The molecule has 1 rings (SSSR count). The number of morpholine rings is 1. The van der Waals surface area contributed by atoms with Crippen molar-refractivity contribution in [3.63, 3.8) is 0 Å². The van der Waals surface area contributed by atoms with Crippen LogP contribution < -0.4 is 0 Å². The summed E-state index contributed by atoms with van der Waals surface area (Å²) in [7, 11) is 2.13. The molecule has 0 radical (unpaired) electrons. The summed E-state index contributed by atoms with van der Waals surface area (Å²) in [6.07, 6.45) is 0.349. The second-order valence-electron chi connectivity index (χ2n) is 4.01. The normalized spacial score (nSPS) is 22.5. The van der Waals surface area contributed by atoms with Crippen molar-refractivity contribution < 1.29 is 4.74 Å². The van der Waals surface area contributed by atoms with Crippen molar-refractivity contribution >= 4 is 0 Å². The Balaban J connectivity index is 2.30. The van der Waals surface area contributed by atoms with E-state index in [2.05, 4.69) is 35.6 Å². The Hall–Kier alpha value is -0.560. The lowest BCUT2D eigenvalue weighted by atomic mass is 10.2. The van der Waals surface area contributed by atoms with Crippen LogP contribution in [0.15, 0.2) is 0 Å². The lowest BCUT2D eigenvalue weighted by molar-refractivity contribution is -0.0358. The maximum absolute atomic E-state index is 5.73. The third kappa shape index (κ3) is 4.65. The smallest absolute Gasteiger partial charge is 0.0829 e. The first-order chi connectivity index (χ1) is 7.26. The van der Waals surface area contributed by atoms with Gasteiger partial charge in [0.2, 0.25) is 0 Å². The molecule has 0 saturated carbocycles. The Kier molecular flexibility index (Phi) is 5.70. The van der Waals surface area contributed by atoms with Gasteiger partial charge in [0, 0.05) is 19.6 Å². The Labute approximate surface area is 93.4 Å². The summed E-state index contributed by atoms with van der Waals surface area (Å²) in [6, 6.07) is 0. The molecule has 0 bridgehead atoms. The Morgan fingerprint density at radius 1 is 1.53 bits per heavy atom. The summed E-state index contributed by atoms with van der Waals surface area (Å²) < 4.78 is 5.73. The first-order valence-corrected chi connectivity index (χ1v) is 5.68. The van der Waals surface area contributed by atoms with E-state index in [9.17, 15) is 0 Å². The summed E-state index contributed by atoms with van der Waals surface area (Å²) in [5.41, 5.74) is 0. The number of ether oxygens (including phenoxy) is 1. The third-order valence-corrected chi connectivity index (χ3v) is 2.76. The number of nitrogens with zero attached hydrogens (tertiary/aromatic N) is 2. The fraction of sp³-hybridized carbons (Fsp3) is 0.833. The molecule has 1 aliphatic heterocycles. The molecule has 86 valence electrons. The topological polar surface area (TPSA) is 15.7 Å². The van der Waals surface area contributed by atoms with Gasteiger partial charge in [-0.3, -0.25) is 4.90 Å². The second-order valence-corrected chi connectivity index (χ2v) is 4.01. The predicted molar refractivity (Wildman–Crippen MR) is 62.8 cm³/mol. The van der Waals surface area contributed by atoms with E-state index in [-0.39, 0.29) is 0 Å². The number of rotatable bonds is 4. The number of hydrogen-bond acceptors (Lipinski definition) is 3. The fourth-order valence-electron chi connectivity index (χ4n) is 1.70. The quantitative estimate of drug-likeness (QED) is 0.634. The zero-order valence-electron chi connectivity index (χ0n) is 10.1. The first kappa shape index (κ1) is 12.5. The average molecular weight is 210 g/mol. The highest BCUT2D eigenvalue weighted by Crippen LogP contribution is 2.05. The van der Waals surface area contributed by atoms with E-state index in [4.69, 9.17) is 4.74 Å². The molecule has 0 aliphatic carbocycles. The van der Waals surface area contributed by atoms with Crippen molar-refractivity contribution in [1.29, 1.82) is 0 Å². The lowest BCUT2D eigenvalue weighted by Crippen LogP contribution is -2.46. The van der Waals surface area contributed by atoms with Crippen LogP contribution in [0.1, 0.15) is 13.8 Å². The molecule has 1 atom stereocenters. The maximum Gasteiger partial charge on any atom is 0.0829 e. The van der Waals surface area contributed by atoms with Crippen molar-refractivity contribution in [3.05, 3.63) is 0 Å². The molecule has 1 fully saturated rings. The molecule has 1 aliphatic rings.